The van der Waals surface area contributed by atoms with Crippen molar-refractivity contribution in [2.45, 2.75) is 19.3 Å². The molecule has 2 aliphatic heterocycles. The topological polar surface area (TPSA) is 92.1 Å². The highest BCUT2D eigenvalue weighted by atomic mass is 32.2. The molecule has 0 bridgehead atoms. The molecule has 0 spiro atoms. The lowest BCUT2D eigenvalue weighted by atomic mass is 9.86. The number of carbonyl (C=O) groups excluding carboxylic acids is 2. The third-order valence-electron chi connectivity index (χ3n) is 4.82. The van der Waals surface area contributed by atoms with Gasteiger partial charge in [0.25, 0.3) is 0 Å². The van der Waals surface area contributed by atoms with E-state index in [9.17, 15) is 14.9 Å². The highest BCUT2D eigenvalue weighted by molar-refractivity contribution is 8.03. The summed E-state index contributed by atoms with van der Waals surface area (Å²) in [5.41, 5.74) is 1.38. The number of rotatable bonds is 6. The average molecular weight is 417 g/mol. The van der Waals surface area contributed by atoms with Crippen molar-refractivity contribution in [3.63, 3.8) is 0 Å². The first kappa shape index (κ1) is 21.0. The summed E-state index contributed by atoms with van der Waals surface area (Å²) in [6, 6.07) is 7.74. The SMILES string of the molecule is CCOC(=O)CN1CSC2=C(C#N)[C@@H](c3ccc(OC)c(OC)c3)CC(=O)N2C1. The number of nitriles is 1. The number of methoxy groups -OCH3 is 2. The van der Waals surface area contributed by atoms with E-state index in [1.807, 2.05) is 17.0 Å². The van der Waals surface area contributed by atoms with Crippen molar-refractivity contribution in [2.24, 2.45) is 0 Å². The molecule has 0 radical (unpaired) electrons. The average Bonchev–Trinajstić information content (AvgIpc) is 2.73. The number of fused-ring (bicyclic) bond motifs is 1. The predicted octanol–water partition coefficient (Wildman–Crippen LogP) is 2.28. The molecule has 1 aromatic rings. The zero-order valence-electron chi connectivity index (χ0n) is 16.6. The largest absolute Gasteiger partial charge is 0.493 e. The fourth-order valence-electron chi connectivity index (χ4n) is 3.45. The Morgan fingerprint density at radius 3 is 2.72 bits per heavy atom. The van der Waals surface area contributed by atoms with Gasteiger partial charge in [0, 0.05) is 12.3 Å². The van der Waals surface area contributed by atoms with Crippen molar-refractivity contribution < 1.29 is 23.8 Å². The lowest BCUT2D eigenvalue weighted by Gasteiger charge is -2.40. The van der Waals surface area contributed by atoms with Crippen LogP contribution >= 0.6 is 11.8 Å². The predicted molar refractivity (Wildman–Crippen MR) is 107 cm³/mol. The second-order valence-electron chi connectivity index (χ2n) is 6.57. The number of carbonyl (C=O) groups is 2. The van der Waals surface area contributed by atoms with E-state index in [-0.39, 0.29) is 37.4 Å². The van der Waals surface area contributed by atoms with Gasteiger partial charge in [-0.05, 0) is 24.6 Å². The summed E-state index contributed by atoms with van der Waals surface area (Å²) in [5, 5.41) is 10.5. The number of benzene rings is 1. The molecule has 1 saturated heterocycles. The highest BCUT2D eigenvalue weighted by Crippen LogP contribution is 2.43. The maximum Gasteiger partial charge on any atom is 0.320 e. The van der Waals surface area contributed by atoms with E-state index in [4.69, 9.17) is 14.2 Å². The molecule has 1 atom stereocenters. The van der Waals surface area contributed by atoms with Gasteiger partial charge in [-0.1, -0.05) is 17.8 Å². The first-order valence-corrected chi connectivity index (χ1v) is 10.2. The van der Waals surface area contributed by atoms with Gasteiger partial charge in [0.15, 0.2) is 11.5 Å². The van der Waals surface area contributed by atoms with E-state index in [0.717, 1.165) is 5.56 Å². The standard InChI is InChI=1S/C20H23N3O5S/c1-4-28-19(25)10-22-11-23-18(24)8-14(15(9-21)20(23)29-12-22)13-5-6-16(26-2)17(7-13)27-3/h5-7,14H,4,8,10-12H2,1-3H3/t14-/m1/s1. The minimum Gasteiger partial charge on any atom is -0.493 e. The molecule has 2 heterocycles. The van der Waals surface area contributed by atoms with Gasteiger partial charge in [0.1, 0.15) is 0 Å². The number of thioether (sulfide) groups is 1. The summed E-state index contributed by atoms with van der Waals surface area (Å²) in [7, 11) is 3.11. The highest BCUT2D eigenvalue weighted by Gasteiger charge is 2.38. The summed E-state index contributed by atoms with van der Waals surface area (Å²) >= 11 is 1.39. The van der Waals surface area contributed by atoms with Crippen molar-refractivity contribution in [3.8, 4) is 17.6 Å². The monoisotopic (exact) mass is 417 g/mol. The number of nitrogens with zero attached hydrogens (tertiary/aromatic N) is 3. The molecule has 0 N–H and O–H groups in total. The van der Waals surface area contributed by atoms with Gasteiger partial charge >= 0.3 is 5.97 Å². The molecule has 0 aromatic heterocycles. The second kappa shape index (κ2) is 9.20. The normalized spacial score (nSPS) is 19.4. The second-order valence-corrected chi connectivity index (χ2v) is 7.51. The molecule has 0 saturated carbocycles. The van der Waals surface area contributed by atoms with Crippen LogP contribution in [0.5, 0.6) is 11.5 Å². The van der Waals surface area contributed by atoms with E-state index >= 15 is 0 Å². The van der Waals surface area contributed by atoms with Gasteiger partial charge in [-0.2, -0.15) is 5.26 Å². The summed E-state index contributed by atoms with van der Waals surface area (Å²) in [4.78, 5) is 28.1. The Kier molecular flexibility index (Phi) is 6.67. The fourth-order valence-corrected chi connectivity index (χ4v) is 4.59. The Labute approximate surface area is 174 Å². The van der Waals surface area contributed by atoms with E-state index < -0.39 is 0 Å². The molecule has 8 nitrogen and oxygen atoms in total. The minimum absolute atomic E-state index is 0.0835. The zero-order chi connectivity index (χ0) is 21.0. The van der Waals surface area contributed by atoms with Crippen LogP contribution in [0, 0.1) is 11.3 Å². The smallest absolute Gasteiger partial charge is 0.320 e. The van der Waals surface area contributed by atoms with Crippen molar-refractivity contribution in [2.75, 3.05) is 39.9 Å². The van der Waals surface area contributed by atoms with E-state index in [1.165, 1.54) is 11.8 Å². The van der Waals surface area contributed by atoms with Gasteiger partial charge in [0.05, 0.1) is 56.6 Å². The summed E-state index contributed by atoms with van der Waals surface area (Å²) in [6.45, 7) is 2.45. The van der Waals surface area contributed by atoms with E-state index in [2.05, 4.69) is 6.07 Å². The molecule has 0 aliphatic carbocycles. The van der Waals surface area contributed by atoms with Crippen molar-refractivity contribution in [3.05, 3.63) is 34.4 Å². The number of ether oxygens (including phenoxy) is 3. The van der Waals surface area contributed by atoms with Crippen LogP contribution in [-0.4, -0.2) is 61.6 Å². The Morgan fingerprint density at radius 2 is 2.07 bits per heavy atom. The molecule has 29 heavy (non-hydrogen) atoms. The van der Waals surface area contributed by atoms with Crippen LogP contribution in [0.4, 0.5) is 0 Å². The van der Waals surface area contributed by atoms with Crippen molar-refractivity contribution in [1.82, 2.24) is 9.80 Å². The number of esters is 1. The zero-order valence-corrected chi connectivity index (χ0v) is 17.5. The molecule has 1 fully saturated rings. The molecule has 9 heteroatoms. The van der Waals surface area contributed by atoms with Crippen LogP contribution < -0.4 is 9.47 Å². The Bertz CT molecular complexity index is 879. The Balaban J connectivity index is 1.87. The molecule has 3 rings (SSSR count). The van der Waals surface area contributed by atoms with Gasteiger partial charge in [-0.15, -0.1) is 0 Å². The Morgan fingerprint density at radius 1 is 1.31 bits per heavy atom. The first-order valence-electron chi connectivity index (χ1n) is 9.19. The molecule has 1 amide bonds. The van der Waals surface area contributed by atoms with Crippen LogP contribution in [0.25, 0.3) is 0 Å². The van der Waals surface area contributed by atoms with Crippen LogP contribution in [-0.2, 0) is 14.3 Å². The van der Waals surface area contributed by atoms with Gasteiger partial charge < -0.3 is 14.2 Å². The minimum atomic E-state index is -0.345. The summed E-state index contributed by atoms with van der Waals surface area (Å²) < 4.78 is 15.6. The molecule has 0 unspecified atom stereocenters. The van der Waals surface area contributed by atoms with Gasteiger partial charge in [0.2, 0.25) is 5.91 Å². The lowest BCUT2D eigenvalue weighted by Crippen LogP contribution is -2.48. The summed E-state index contributed by atoms with van der Waals surface area (Å²) in [5.74, 6) is 0.894. The van der Waals surface area contributed by atoms with Crippen LogP contribution in [0.15, 0.2) is 28.8 Å². The van der Waals surface area contributed by atoms with Crippen molar-refractivity contribution in [1.29, 1.82) is 5.26 Å². The third-order valence-corrected chi connectivity index (χ3v) is 6.03. The van der Waals surface area contributed by atoms with Crippen LogP contribution in [0.3, 0.4) is 0 Å². The quantitative estimate of drug-likeness (QED) is 0.651. The van der Waals surface area contributed by atoms with E-state index in [1.54, 1.807) is 32.1 Å². The number of allylic oxidation sites excluding steroid dienone is 1. The van der Waals surface area contributed by atoms with Gasteiger partial charge in [-0.25, -0.2) is 0 Å². The third kappa shape index (κ3) is 4.33. The lowest BCUT2D eigenvalue weighted by molar-refractivity contribution is -0.146. The maximum atomic E-state index is 12.9. The van der Waals surface area contributed by atoms with E-state index in [0.29, 0.717) is 34.6 Å². The molecule has 2 aliphatic rings. The molecular formula is C20H23N3O5S. The number of hydrogen-bond donors (Lipinski definition) is 0. The maximum absolute atomic E-state index is 12.9. The van der Waals surface area contributed by atoms with Crippen LogP contribution in [0.1, 0.15) is 24.8 Å². The molecule has 1 aromatic carbocycles. The Hall–Kier alpha value is -2.70. The van der Waals surface area contributed by atoms with Crippen LogP contribution in [0.2, 0.25) is 0 Å². The molecular weight excluding hydrogens is 394 g/mol. The first-order chi connectivity index (χ1) is 14.0. The van der Waals surface area contributed by atoms with Crippen molar-refractivity contribution >= 4 is 23.6 Å². The van der Waals surface area contributed by atoms with Gasteiger partial charge in [-0.3, -0.25) is 19.4 Å². The molecule has 154 valence electrons. The number of amides is 1. The fraction of sp³-hybridized carbons (Fsp3) is 0.450. The summed E-state index contributed by atoms with van der Waals surface area (Å²) in [6.07, 6.45) is 0.176. The number of hydrogen-bond acceptors (Lipinski definition) is 8.